The number of carbonyl (C=O) groups excluding carboxylic acids is 2. The molecule has 1 saturated heterocycles. The Balaban J connectivity index is 1.49. The van der Waals surface area contributed by atoms with E-state index in [1.165, 1.54) is 0 Å². The summed E-state index contributed by atoms with van der Waals surface area (Å²) in [7, 11) is 0. The number of aromatic nitrogens is 3. The molecule has 1 fully saturated rings. The van der Waals surface area contributed by atoms with Crippen molar-refractivity contribution in [2.75, 3.05) is 31.6 Å². The second kappa shape index (κ2) is 10.1. The van der Waals surface area contributed by atoms with Crippen LogP contribution in [-0.4, -0.2) is 64.0 Å². The van der Waals surface area contributed by atoms with E-state index >= 15 is 0 Å². The molecular formula is C24H25N7O3. The molecule has 0 atom stereocenters. The molecule has 0 radical (unpaired) electrons. The zero-order valence-corrected chi connectivity index (χ0v) is 19.0. The average molecular weight is 460 g/mol. The Hall–Kier alpha value is -4.23. The topological polar surface area (TPSA) is 136 Å². The third-order valence-electron chi connectivity index (χ3n) is 5.19. The van der Waals surface area contributed by atoms with Crippen molar-refractivity contribution in [2.24, 2.45) is 0 Å². The van der Waals surface area contributed by atoms with Gasteiger partial charge in [0.25, 0.3) is 11.8 Å². The molecule has 0 bridgehead atoms. The van der Waals surface area contributed by atoms with E-state index < -0.39 is 0 Å². The first-order valence-electron chi connectivity index (χ1n) is 11.0. The van der Waals surface area contributed by atoms with Crippen LogP contribution in [0.2, 0.25) is 0 Å². The SMILES string of the molecule is CC(C)NC(=O)c1c[nH]c2ncc(Nc3ccc(/C=C(/C#N)C(=O)N4CCOCC4)cc3)nc12. The Labute approximate surface area is 196 Å². The van der Waals surface area contributed by atoms with Crippen LogP contribution >= 0.6 is 0 Å². The molecule has 10 nitrogen and oxygen atoms in total. The van der Waals surface area contributed by atoms with Gasteiger partial charge in [-0.05, 0) is 37.6 Å². The lowest BCUT2D eigenvalue weighted by atomic mass is 10.1. The van der Waals surface area contributed by atoms with E-state index in [1.54, 1.807) is 35.5 Å². The smallest absolute Gasteiger partial charge is 0.264 e. The summed E-state index contributed by atoms with van der Waals surface area (Å²) in [4.78, 5) is 38.5. The highest BCUT2D eigenvalue weighted by atomic mass is 16.5. The van der Waals surface area contributed by atoms with Crippen LogP contribution in [0.25, 0.3) is 17.2 Å². The molecule has 1 aliphatic rings. The number of nitrogens with zero attached hydrogens (tertiary/aromatic N) is 4. The van der Waals surface area contributed by atoms with Crippen molar-refractivity contribution in [1.29, 1.82) is 5.26 Å². The van der Waals surface area contributed by atoms with E-state index in [1.807, 2.05) is 32.0 Å². The molecule has 0 spiro atoms. The van der Waals surface area contributed by atoms with Gasteiger partial charge >= 0.3 is 0 Å². The lowest BCUT2D eigenvalue weighted by Crippen LogP contribution is -2.41. The molecule has 174 valence electrons. The summed E-state index contributed by atoms with van der Waals surface area (Å²) in [5.74, 6) is -0.0293. The zero-order chi connectivity index (χ0) is 24.1. The van der Waals surface area contributed by atoms with Crippen LogP contribution in [0.1, 0.15) is 29.8 Å². The second-order valence-corrected chi connectivity index (χ2v) is 8.10. The molecule has 0 aliphatic carbocycles. The molecule has 2 aromatic heterocycles. The number of H-pyrrole nitrogens is 1. The number of nitrogens with one attached hydrogen (secondary N) is 3. The monoisotopic (exact) mass is 459 g/mol. The van der Waals surface area contributed by atoms with Gasteiger partial charge in [0.1, 0.15) is 23.0 Å². The van der Waals surface area contributed by atoms with Crippen molar-refractivity contribution in [2.45, 2.75) is 19.9 Å². The van der Waals surface area contributed by atoms with E-state index in [2.05, 4.69) is 25.6 Å². The molecule has 3 aromatic rings. The number of hydrogen-bond acceptors (Lipinski definition) is 7. The predicted octanol–water partition coefficient (Wildman–Crippen LogP) is 2.61. The van der Waals surface area contributed by atoms with Gasteiger partial charge in [-0.25, -0.2) is 9.97 Å². The molecule has 3 heterocycles. The summed E-state index contributed by atoms with van der Waals surface area (Å²) in [5, 5.41) is 15.5. The van der Waals surface area contributed by atoms with Crippen molar-refractivity contribution < 1.29 is 14.3 Å². The Morgan fingerprint density at radius 2 is 1.97 bits per heavy atom. The molecule has 0 saturated carbocycles. The molecule has 1 aromatic carbocycles. The number of hydrogen-bond donors (Lipinski definition) is 3. The maximum Gasteiger partial charge on any atom is 0.264 e. The summed E-state index contributed by atoms with van der Waals surface area (Å²) < 4.78 is 5.26. The summed E-state index contributed by atoms with van der Waals surface area (Å²) >= 11 is 0. The van der Waals surface area contributed by atoms with E-state index in [0.717, 1.165) is 11.3 Å². The molecular weight excluding hydrogens is 434 g/mol. The maximum absolute atomic E-state index is 12.6. The number of benzene rings is 1. The fraction of sp³-hybridized carbons (Fsp3) is 0.292. The van der Waals surface area contributed by atoms with E-state index in [0.29, 0.717) is 48.8 Å². The quantitative estimate of drug-likeness (QED) is 0.381. The number of morpholine rings is 1. The highest BCUT2D eigenvalue weighted by Crippen LogP contribution is 2.21. The first-order valence-corrected chi connectivity index (χ1v) is 11.0. The fourth-order valence-electron chi connectivity index (χ4n) is 3.52. The number of carbonyl (C=O) groups is 2. The Bertz CT molecular complexity index is 1270. The Kier molecular flexibility index (Phi) is 6.85. The van der Waals surface area contributed by atoms with Gasteiger partial charge in [0.05, 0.1) is 25.0 Å². The van der Waals surface area contributed by atoms with Gasteiger partial charge in [-0.3, -0.25) is 9.59 Å². The van der Waals surface area contributed by atoms with Gasteiger partial charge in [-0.15, -0.1) is 0 Å². The van der Waals surface area contributed by atoms with Gasteiger partial charge < -0.3 is 25.3 Å². The summed E-state index contributed by atoms with van der Waals surface area (Å²) in [6.07, 6.45) is 4.75. The van der Waals surface area contributed by atoms with E-state index in [-0.39, 0.29) is 23.4 Å². The number of anilines is 2. The third kappa shape index (κ3) is 5.22. The van der Waals surface area contributed by atoms with Crippen LogP contribution in [0.15, 0.2) is 42.2 Å². The molecule has 1 aliphatic heterocycles. The standard InChI is InChI=1S/C24H25N7O3/c1-15(2)28-23(32)19-13-26-22-21(19)30-20(14-27-22)29-18-5-3-16(4-6-18)11-17(12-25)24(33)31-7-9-34-10-8-31/h3-6,11,13-15H,7-10H2,1-2H3,(H,26,27)(H,28,32)(H,29,30)/b17-11-. The molecule has 10 heteroatoms. The third-order valence-corrected chi connectivity index (χ3v) is 5.19. The van der Waals surface area contributed by atoms with Gasteiger partial charge in [-0.1, -0.05) is 12.1 Å². The zero-order valence-electron chi connectivity index (χ0n) is 19.0. The molecule has 3 N–H and O–H groups in total. The van der Waals surface area contributed by atoms with Crippen molar-refractivity contribution in [3.8, 4) is 6.07 Å². The van der Waals surface area contributed by atoms with Crippen LogP contribution in [0, 0.1) is 11.3 Å². The van der Waals surface area contributed by atoms with Crippen molar-refractivity contribution in [3.63, 3.8) is 0 Å². The Morgan fingerprint density at radius 3 is 2.65 bits per heavy atom. The lowest BCUT2D eigenvalue weighted by molar-refractivity contribution is -0.130. The largest absolute Gasteiger partial charge is 0.378 e. The van der Waals surface area contributed by atoms with Gasteiger partial charge in [0, 0.05) is 31.0 Å². The van der Waals surface area contributed by atoms with Crippen molar-refractivity contribution >= 4 is 40.6 Å². The molecule has 2 amide bonds. The Morgan fingerprint density at radius 1 is 1.24 bits per heavy atom. The molecule has 34 heavy (non-hydrogen) atoms. The highest BCUT2D eigenvalue weighted by Gasteiger charge is 2.20. The van der Waals surface area contributed by atoms with Crippen LogP contribution in [0.4, 0.5) is 11.5 Å². The van der Waals surface area contributed by atoms with Gasteiger partial charge in [0.2, 0.25) is 0 Å². The minimum Gasteiger partial charge on any atom is -0.378 e. The van der Waals surface area contributed by atoms with E-state index in [9.17, 15) is 14.9 Å². The normalized spacial score (nSPS) is 14.2. The maximum atomic E-state index is 12.6. The minimum atomic E-state index is -0.291. The number of ether oxygens (including phenoxy) is 1. The minimum absolute atomic E-state index is 0.00462. The first-order chi connectivity index (χ1) is 16.4. The van der Waals surface area contributed by atoms with Crippen molar-refractivity contribution in [1.82, 2.24) is 25.2 Å². The fourth-order valence-corrected chi connectivity index (χ4v) is 3.52. The summed E-state index contributed by atoms with van der Waals surface area (Å²) in [5.41, 5.74) is 2.97. The highest BCUT2D eigenvalue weighted by molar-refractivity contribution is 6.05. The van der Waals surface area contributed by atoms with Crippen LogP contribution < -0.4 is 10.6 Å². The second-order valence-electron chi connectivity index (χ2n) is 8.10. The van der Waals surface area contributed by atoms with Crippen LogP contribution in [-0.2, 0) is 9.53 Å². The molecule has 4 rings (SSSR count). The number of fused-ring (bicyclic) bond motifs is 1. The predicted molar refractivity (Wildman–Crippen MR) is 127 cm³/mol. The number of nitriles is 1. The summed E-state index contributed by atoms with van der Waals surface area (Å²) in [6.45, 7) is 5.70. The van der Waals surface area contributed by atoms with Crippen LogP contribution in [0.5, 0.6) is 0 Å². The summed E-state index contributed by atoms with van der Waals surface area (Å²) in [6, 6.07) is 9.24. The van der Waals surface area contributed by atoms with Gasteiger partial charge in [0.15, 0.2) is 5.65 Å². The molecule has 0 unspecified atom stereocenters. The number of rotatable bonds is 6. The van der Waals surface area contributed by atoms with Crippen molar-refractivity contribution in [3.05, 3.63) is 53.4 Å². The lowest BCUT2D eigenvalue weighted by Gasteiger charge is -2.26. The van der Waals surface area contributed by atoms with E-state index in [4.69, 9.17) is 4.74 Å². The number of amides is 2. The first kappa shape index (κ1) is 22.9. The van der Waals surface area contributed by atoms with Crippen LogP contribution in [0.3, 0.4) is 0 Å². The number of aromatic amines is 1. The average Bonchev–Trinajstić information content (AvgIpc) is 3.27. The van der Waals surface area contributed by atoms with Gasteiger partial charge in [-0.2, -0.15) is 5.26 Å².